The van der Waals surface area contributed by atoms with Gasteiger partial charge in [-0.15, -0.1) is 0 Å². The Bertz CT molecular complexity index is 1530. The van der Waals surface area contributed by atoms with Gasteiger partial charge in [0, 0.05) is 34.1 Å². The fourth-order valence-corrected chi connectivity index (χ4v) is 4.72. The number of aryl methyl sites for hydroxylation is 1. The molecule has 1 aromatic heterocycles. The monoisotopic (exact) mass is 415 g/mol. The maximum atomic E-state index is 13.5. The Hall–Kier alpha value is -4.18. The number of para-hydroxylation sites is 3. The van der Waals surface area contributed by atoms with E-state index in [0.29, 0.717) is 5.71 Å². The van der Waals surface area contributed by atoms with Crippen LogP contribution in [0.4, 0.5) is 17.1 Å². The summed E-state index contributed by atoms with van der Waals surface area (Å²) in [4.78, 5) is 20.1. The number of amides is 1. The molecule has 5 aromatic rings. The van der Waals surface area contributed by atoms with Crippen LogP contribution in [0.3, 0.4) is 0 Å². The molecule has 0 spiro atoms. The van der Waals surface area contributed by atoms with Gasteiger partial charge in [-0.2, -0.15) is 0 Å². The lowest BCUT2D eigenvalue weighted by molar-refractivity contribution is -0.111. The summed E-state index contributed by atoms with van der Waals surface area (Å²) in [5.74, 6) is -0.103. The molecular formula is C28H21N3O. The standard InChI is InChI=1S/C28H21N3O/c1-2-30-24-14-8-6-12-21(24)22-17-16-19(18-26(22)30)29-27-23-13-7-9-15-25(23)31(28(27)32)20-10-4-3-5-11-20/h3-18H,2H2,1H3. The van der Waals surface area contributed by atoms with Crippen molar-refractivity contribution in [3.8, 4) is 0 Å². The number of rotatable bonds is 3. The molecule has 154 valence electrons. The SMILES string of the molecule is CCn1c2ccccc2c2ccc(N=C3C(=O)N(c4ccccc4)c4ccccc43)cc21. The second kappa shape index (κ2) is 7.20. The number of fused-ring (bicyclic) bond motifs is 4. The second-order valence-corrected chi connectivity index (χ2v) is 7.92. The van der Waals surface area contributed by atoms with Gasteiger partial charge in [0.05, 0.1) is 16.9 Å². The lowest BCUT2D eigenvalue weighted by Gasteiger charge is -2.16. The van der Waals surface area contributed by atoms with Gasteiger partial charge in [0.1, 0.15) is 5.71 Å². The molecule has 2 heterocycles. The minimum absolute atomic E-state index is 0.103. The first kappa shape index (κ1) is 18.6. The molecule has 6 rings (SSSR count). The Balaban J connectivity index is 1.52. The highest BCUT2D eigenvalue weighted by Crippen LogP contribution is 2.37. The van der Waals surface area contributed by atoms with Crippen LogP contribution in [0.2, 0.25) is 0 Å². The first-order valence-electron chi connectivity index (χ1n) is 10.8. The van der Waals surface area contributed by atoms with E-state index in [-0.39, 0.29) is 5.91 Å². The Morgan fingerprint density at radius 2 is 1.47 bits per heavy atom. The summed E-state index contributed by atoms with van der Waals surface area (Å²) < 4.78 is 2.30. The molecule has 1 aliphatic rings. The van der Waals surface area contributed by atoms with E-state index in [1.165, 1.54) is 16.3 Å². The van der Waals surface area contributed by atoms with E-state index in [1.54, 1.807) is 4.90 Å². The number of aromatic nitrogens is 1. The molecule has 0 aliphatic carbocycles. The number of anilines is 2. The van der Waals surface area contributed by atoms with E-state index in [0.717, 1.165) is 34.7 Å². The van der Waals surface area contributed by atoms with Gasteiger partial charge in [0.2, 0.25) is 0 Å². The first-order valence-corrected chi connectivity index (χ1v) is 10.8. The van der Waals surface area contributed by atoms with Gasteiger partial charge >= 0.3 is 0 Å². The predicted molar refractivity (Wildman–Crippen MR) is 131 cm³/mol. The molecule has 0 saturated heterocycles. The quantitative estimate of drug-likeness (QED) is 0.326. The van der Waals surface area contributed by atoms with Crippen LogP contribution < -0.4 is 4.90 Å². The Kier molecular flexibility index (Phi) is 4.18. The van der Waals surface area contributed by atoms with Crippen molar-refractivity contribution in [2.24, 2.45) is 4.99 Å². The Labute approximate surface area is 186 Å². The van der Waals surface area contributed by atoms with Crippen LogP contribution in [-0.4, -0.2) is 16.2 Å². The summed E-state index contributed by atoms with van der Waals surface area (Å²) in [6, 6.07) is 32.2. The molecule has 0 fully saturated rings. The lowest BCUT2D eigenvalue weighted by Crippen LogP contribution is -2.25. The van der Waals surface area contributed by atoms with Crippen LogP contribution in [-0.2, 0) is 11.3 Å². The fraction of sp³-hybridized carbons (Fsp3) is 0.0714. The fourth-order valence-electron chi connectivity index (χ4n) is 4.72. The van der Waals surface area contributed by atoms with Crippen LogP contribution in [0, 0.1) is 0 Å². The van der Waals surface area contributed by atoms with Crippen LogP contribution in [0.25, 0.3) is 21.8 Å². The highest BCUT2D eigenvalue weighted by molar-refractivity contribution is 6.56. The van der Waals surface area contributed by atoms with Gasteiger partial charge in [-0.3, -0.25) is 9.69 Å². The smallest absolute Gasteiger partial charge is 0.282 e. The van der Waals surface area contributed by atoms with E-state index in [2.05, 4.69) is 47.9 Å². The van der Waals surface area contributed by atoms with Gasteiger partial charge < -0.3 is 4.57 Å². The molecular weight excluding hydrogens is 394 g/mol. The normalized spacial score (nSPS) is 14.6. The maximum Gasteiger partial charge on any atom is 0.282 e. The molecule has 0 bridgehead atoms. The number of hydrogen-bond acceptors (Lipinski definition) is 2. The second-order valence-electron chi connectivity index (χ2n) is 7.92. The molecule has 0 atom stereocenters. The zero-order valence-electron chi connectivity index (χ0n) is 17.7. The summed E-state index contributed by atoms with van der Waals surface area (Å²) in [6.45, 7) is 3.02. The van der Waals surface area contributed by atoms with Crippen molar-refractivity contribution in [1.82, 2.24) is 4.57 Å². The van der Waals surface area contributed by atoms with Gasteiger partial charge in [-0.05, 0) is 43.3 Å². The predicted octanol–water partition coefficient (Wildman–Crippen LogP) is 6.61. The molecule has 0 N–H and O–H groups in total. The van der Waals surface area contributed by atoms with Crippen molar-refractivity contribution in [2.45, 2.75) is 13.5 Å². The third-order valence-electron chi connectivity index (χ3n) is 6.13. The molecule has 4 nitrogen and oxygen atoms in total. The van der Waals surface area contributed by atoms with E-state index < -0.39 is 0 Å². The lowest BCUT2D eigenvalue weighted by atomic mass is 10.1. The number of carbonyl (C=O) groups is 1. The maximum absolute atomic E-state index is 13.5. The number of benzene rings is 4. The highest BCUT2D eigenvalue weighted by atomic mass is 16.2. The van der Waals surface area contributed by atoms with E-state index in [9.17, 15) is 4.79 Å². The summed E-state index contributed by atoms with van der Waals surface area (Å²) in [7, 11) is 0. The number of nitrogens with zero attached hydrogens (tertiary/aromatic N) is 3. The minimum Gasteiger partial charge on any atom is -0.341 e. The average Bonchev–Trinajstić information content (AvgIpc) is 3.31. The van der Waals surface area contributed by atoms with Crippen molar-refractivity contribution in [2.75, 3.05) is 4.90 Å². The number of hydrogen-bond donors (Lipinski definition) is 0. The van der Waals surface area contributed by atoms with Gasteiger partial charge in [0.15, 0.2) is 0 Å². The summed E-state index contributed by atoms with van der Waals surface area (Å²) >= 11 is 0. The number of carbonyl (C=O) groups excluding carboxylic acids is 1. The summed E-state index contributed by atoms with van der Waals surface area (Å²) in [5.41, 5.74) is 6.17. The zero-order chi connectivity index (χ0) is 21.7. The average molecular weight is 415 g/mol. The van der Waals surface area contributed by atoms with Crippen LogP contribution in [0.1, 0.15) is 12.5 Å². The van der Waals surface area contributed by atoms with Crippen molar-refractivity contribution in [3.63, 3.8) is 0 Å². The van der Waals surface area contributed by atoms with Crippen molar-refractivity contribution < 1.29 is 4.79 Å². The summed E-state index contributed by atoms with van der Waals surface area (Å²) in [6.07, 6.45) is 0. The van der Waals surface area contributed by atoms with Crippen molar-refractivity contribution in [1.29, 1.82) is 0 Å². The Morgan fingerprint density at radius 1 is 0.750 bits per heavy atom. The molecule has 4 aromatic carbocycles. The van der Waals surface area contributed by atoms with Crippen molar-refractivity contribution in [3.05, 3.63) is 103 Å². The van der Waals surface area contributed by atoms with Crippen molar-refractivity contribution >= 4 is 50.5 Å². The van der Waals surface area contributed by atoms with Gasteiger partial charge in [-0.1, -0.05) is 60.7 Å². The zero-order valence-corrected chi connectivity index (χ0v) is 17.7. The third-order valence-corrected chi connectivity index (χ3v) is 6.13. The molecule has 32 heavy (non-hydrogen) atoms. The summed E-state index contributed by atoms with van der Waals surface area (Å²) in [5, 5.41) is 2.44. The van der Waals surface area contributed by atoms with Gasteiger partial charge in [0.25, 0.3) is 5.91 Å². The topological polar surface area (TPSA) is 37.6 Å². The molecule has 0 unspecified atom stereocenters. The van der Waals surface area contributed by atoms with Crippen LogP contribution >= 0.6 is 0 Å². The highest BCUT2D eigenvalue weighted by Gasteiger charge is 2.34. The van der Waals surface area contributed by atoms with Crippen LogP contribution in [0.5, 0.6) is 0 Å². The molecule has 1 amide bonds. The molecule has 1 aliphatic heterocycles. The first-order chi connectivity index (χ1) is 15.8. The largest absolute Gasteiger partial charge is 0.341 e. The van der Waals surface area contributed by atoms with E-state index >= 15 is 0 Å². The minimum atomic E-state index is -0.103. The van der Waals surface area contributed by atoms with Gasteiger partial charge in [-0.25, -0.2) is 4.99 Å². The van der Waals surface area contributed by atoms with E-state index in [1.807, 2.05) is 60.7 Å². The molecule has 0 saturated carbocycles. The molecule has 4 heteroatoms. The van der Waals surface area contributed by atoms with Crippen LogP contribution in [0.15, 0.2) is 102 Å². The Morgan fingerprint density at radius 3 is 2.31 bits per heavy atom. The molecule has 0 radical (unpaired) electrons. The van der Waals surface area contributed by atoms with E-state index in [4.69, 9.17) is 4.99 Å². The number of aliphatic imine (C=N–C) groups is 1. The third kappa shape index (κ3) is 2.70.